The van der Waals surface area contributed by atoms with Gasteiger partial charge in [0.1, 0.15) is 18.9 Å². The quantitative estimate of drug-likeness (QED) is 0.857. The molecule has 2 rings (SSSR count). The van der Waals surface area contributed by atoms with Gasteiger partial charge < -0.3 is 0 Å². The van der Waals surface area contributed by atoms with Gasteiger partial charge in [-0.3, -0.25) is 5.32 Å². The number of aromatic nitrogens is 4. The zero-order chi connectivity index (χ0) is 10.7. The van der Waals surface area contributed by atoms with E-state index >= 15 is 0 Å². The van der Waals surface area contributed by atoms with E-state index in [1.807, 2.05) is 19.1 Å². The van der Waals surface area contributed by atoms with Crippen molar-refractivity contribution in [3.05, 3.63) is 36.0 Å². The molecule has 2 aromatic rings. The topological polar surface area (TPSA) is 56.9 Å². The number of hydrogen-bond acceptors (Lipinski definition) is 3. The second kappa shape index (κ2) is 4.27. The molecule has 0 bridgehead atoms. The number of hydrogen-bond donors (Lipinski definition) is 1. The zero-order valence-electron chi connectivity index (χ0n) is 8.18. The number of halogens is 1. The van der Waals surface area contributed by atoms with Crippen molar-refractivity contribution in [2.75, 3.05) is 5.32 Å². The first-order chi connectivity index (χ1) is 7.25. The highest BCUT2D eigenvalue weighted by atomic mass is 35.5. The lowest BCUT2D eigenvalue weighted by Gasteiger charge is -2.07. The minimum absolute atomic E-state index is 0.0323. The molecule has 15 heavy (non-hydrogen) atoms. The predicted octanol–water partition coefficient (Wildman–Crippen LogP) is 1.38. The summed E-state index contributed by atoms with van der Waals surface area (Å²) < 4.78 is 1.72. The summed E-state index contributed by atoms with van der Waals surface area (Å²) in [5, 5.41) is 7.93. The summed E-state index contributed by atoms with van der Waals surface area (Å²) in [5.74, 6) is 0.877. The molecule has 2 heterocycles. The van der Waals surface area contributed by atoms with Crippen LogP contribution in [0.2, 0.25) is 5.02 Å². The minimum Gasteiger partial charge on any atom is -0.252 e. The molecule has 0 aromatic carbocycles. The molecule has 2 N–H and O–H groups in total. The van der Waals surface area contributed by atoms with E-state index in [0.29, 0.717) is 5.02 Å². The van der Waals surface area contributed by atoms with Gasteiger partial charge in [-0.2, -0.15) is 5.10 Å². The Bertz CT molecular complexity index is 411. The average molecular weight is 225 g/mol. The third kappa shape index (κ3) is 2.44. The largest absolute Gasteiger partial charge is 0.273 e. The van der Waals surface area contributed by atoms with Crippen molar-refractivity contribution in [2.24, 2.45) is 0 Å². The number of rotatable bonds is 3. The minimum atomic E-state index is 0.0323. The summed E-state index contributed by atoms with van der Waals surface area (Å²) in [7, 11) is 0. The van der Waals surface area contributed by atoms with E-state index in [9.17, 15) is 0 Å². The molecule has 0 aliphatic carbocycles. The van der Waals surface area contributed by atoms with E-state index in [-0.39, 0.29) is 6.17 Å². The third-order valence-corrected chi connectivity index (χ3v) is 2.21. The number of aromatic amines is 1. The standard InChI is InChI=1S/C9H10ClN5/c1-7(15-6-11-5-13-15)14-9-3-2-8(10)4-12-9/h2-7H,1H3,(H,12,14)/p+1/t7-/m1/s1. The van der Waals surface area contributed by atoms with Crippen LogP contribution in [-0.2, 0) is 0 Å². The highest BCUT2D eigenvalue weighted by Crippen LogP contribution is 2.09. The van der Waals surface area contributed by atoms with Crippen molar-refractivity contribution in [2.45, 2.75) is 13.1 Å². The molecular formula is C9H11ClN5+. The second-order valence-corrected chi connectivity index (χ2v) is 3.55. The molecule has 6 heteroatoms. The summed E-state index contributed by atoms with van der Waals surface area (Å²) in [6.07, 6.45) is 4.92. The van der Waals surface area contributed by atoms with Gasteiger partial charge in [0, 0.05) is 6.07 Å². The summed E-state index contributed by atoms with van der Waals surface area (Å²) in [6.45, 7) is 1.98. The molecule has 78 valence electrons. The van der Waals surface area contributed by atoms with E-state index in [0.717, 1.165) is 5.82 Å². The summed E-state index contributed by atoms with van der Waals surface area (Å²) in [4.78, 5) is 6.90. The van der Waals surface area contributed by atoms with Gasteiger partial charge in [0.2, 0.25) is 0 Å². The summed E-state index contributed by atoms with van der Waals surface area (Å²) in [6, 6.07) is 3.68. The van der Waals surface area contributed by atoms with E-state index in [1.165, 1.54) is 6.33 Å². The summed E-state index contributed by atoms with van der Waals surface area (Å²) in [5.41, 5.74) is 0. The van der Waals surface area contributed by atoms with Crippen molar-refractivity contribution < 1.29 is 4.98 Å². The number of nitrogens with one attached hydrogen (secondary N) is 2. The smallest absolute Gasteiger partial charge is 0.252 e. The van der Waals surface area contributed by atoms with Gasteiger partial charge in [0.15, 0.2) is 6.17 Å². The lowest BCUT2D eigenvalue weighted by atomic mass is 10.4. The average Bonchev–Trinajstić information content (AvgIpc) is 2.74. The Balaban J connectivity index is 2.06. The van der Waals surface area contributed by atoms with Gasteiger partial charge in [-0.05, 0) is 13.0 Å². The zero-order valence-corrected chi connectivity index (χ0v) is 8.94. The van der Waals surface area contributed by atoms with E-state index in [1.54, 1.807) is 17.2 Å². The first-order valence-corrected chi connectivity index (χ1v) is 4.91. The Morgan fingerprint density at radius 3 is 3.00 bits per heavy atom. The maximum Gasteiger partial charge on any atom is 0.273 e. The maximum absolute atomic E-state index is 5.76. The Kier molecular flexibility index (Phi) is 2.82. The van der Waals surface area contributed by atoms with Crippen LogP contribution in [0.15, 0.2) is 31.0 Å². The van der Waals surface area contributed by atoms with Crippen LogP contribution >= 0.6 is 11.6 Å². The normalized spacial score (nSPS) is 12.4. The number of anilines is 1. The Morgan fingerprint density at radius 2 is 2.40 bits per heavy atom. The fraction of sp³-hybridized carbons (Fsp3) is 0.222. The van der Waals surface area contributed by atoms with Crippen molar-refractivity contribution in [1.29, 1.82) is 0 Å². The van der Waals surface area contributed by atoms with Crippen molar-refractivity contribution >= 4 is 17.4 Å². The highest BCUT2D eigenvalue weighted by molar-refractivity contribution is 6.30. The van der Waals surface area contributed by atoms with E-state index in [2.05, 4.69) is 20.4 Å². The van der Waals surface area contributed by atoms with Crippen molar-refractivity contribution in [1.82, 2.24) is 14.8 Å². The van der Waals surface area contributed by atoms with Crippen LogP contribution in [-0.4, -0.2) is 14.8 Å². The van der Waals surface area contributed by atoms with Gasteiger partial charge in [-0.15, -0.1) is 0 Å². The van der Waals surface area contributed by atoms with Crippen LogP contribution in [0, 0.1) is 0 Å². The predicted molar refractivity (Wildman–Crippen MR) is 56.4 cm³/mol. The van der Waals surface area contributed by atoms with Gasteiger partial charge in [-0.25, -0.2) is 14.6 Å². The lowest BCUT2D eigenvalue weighted by molar-refractivity contribution is -0.361. The first kappa shape index (κ1) is 9.92. The lowest BCUT2D eigenvalue weighted by Crippen LogP contribution is -2.20. The highest BCUT2D eigenvalue weighted by Gasteiger charge is 2.10. The molecule has 0 fully saturated rings. The van der Waals surface area contributed by atoms with Crippen molar-refractivity contribution in [3.8, 4) is 0 Å². The fourth-order valence-electron chi connectivity index (χ4n) is 1.20. The van der Waals surface area contributed by atoms with Crippen molar-refractivity contribution in [3.63, 3.8) is 0 Å². The van der Waals surface area contributed by atoms with Gasteiger partial charge in [-0.1, -0.05) is 11.6 Å². The van der Waals surface area contributed by atoms with E-state index < -0.39 is 0 Å². The molecule has 0 amide bonds. The molecule has 0 saturated carbocycles. The number of H-pyrrole nitrogens is 1. The SMILES string of the molecule is C[C@H](Nc1ccc(Cl)c[nH+]1)n1cncn1. The van der Waals surface area contributed by atoms with Crippen LogP contribution in [0.4, 0.5) is 5.82 Å². The maximum atomic E-state index is 5.76. The van der Waals surface area contributed by atoms with Gasteiger partial charge in [0.25, 0.3) is 5.82 Å². The molecule has 0 spiro atoms. The number of nitrogens with zero attached hydrogens (tertiary/aromatic N) is 3. The van der Waals surface area contributed by atoms with E-state index in [4.69, 9.17) is 11.6 Å². The molecular weight excluding hydrogens is 214 g/mol. The fourth-order valence-corrected chi connectivity index (χ4v) is 1.32. The Morgan fingerprint density at radius 1 is 1.53 bits per heavy atom. The first-order valence-electron chi connectivity index (χ1n) is 4.53. The second-order valence-electron chi connectivity index (χ2n) is 3.12. The molecule has 0 aliphatic rings. The number of pyridine rings is 1. The van der Waals surface area contributed by atoms with Crippen LogP contribution < -0.4 is 10.3 Å². The van der Waals surface area contributed by atoms with Gasteiger partial charge >= 0.3 is 0 Å². The van der Waals surface area contributed by atoms with Crippen LogP contribution in [0.1, 0.15) is 13.1 Å². The Hall–Kier alpha value is -1.62. The van der Waals surface area contributed by atoms with Crippen LogP contribution in [0.3, 0.4) is 0 Å². The molecule has 0 saturated heterocycles. The Labute approximate surface area is 92.1 Å². The monoisotopic (exact) mass is 224 g/mol. The van der Waals surface area contributed by atoms with Crippen LogP contribution in [0.5, 0.6) is 0 Å². The molecule has 5 nitrogen and oxygen atoms in total. The molecule has 2 aromatic heterocycles. The third-order valence-electron chi connectivity index (χ3n) is 1.97. The molecule has 0 radical (unpaired) electrons. The van der Waals surface area contributed by atoms with Gasteiger partial charge in [0.05, 0.1) is 5.02 Å². The summed E-state index contributed by atoms with van der Waals surface area (Å²) >= 11 is 5.76. The molecule has 0 unspecified atom stereocenters. The molecule has 1 atom stereocenters. The van der Waals surface area contributed by atoms with Crippen LogP contribution in [0.25, 0.3) is 0 Å². The molecule has 0 aliphatic heterocycles.